The summed E-state index contributed by atoms with van der Waals surface area (Å²) in [6.45, 7) is 4.26. The lowest BCUT2D eigenvalue weighted by atomic mass is 9.96. The Morgan fingerprint density at radius 3 is 2.38 bits per heavy atom. The molecule has 1 fully saturated rings. The summed E-state index contributed by atoms with van der Waals surface area (Å²) in [6, 6.07) is 22.6. The van der Waals surface area contributed by atoms with Crippen LogP contribution in [0.25, 0.3) is 10.6 Å². The van der Waals surface area contributed by atoms with Crippen molar-refractivity contribution in [2.45, 2.75) is 38.4 Å². The number of Topliss-reactive ketones (excluding diaryl/α,β-unsaturated/α-hetero) is 1. The lowest BCUT2D eigenvalue weighted by Crippen LogP contribution is -2.47. The number of aliphatic hydroxyl groups is 1. The molecule has 1 N–H and O–H groups in total. The van der Waals surface area contributed by atoms with E-state index in [0.717, 1.165) is 43.0 Å². The van der Waals surface area contributed by atoms with Gasteiger partial charge in [0.2, 0.25) is 5.78 Å². The summed E-state index contributed by atoms with van der Waals surface area (Å²) in [5.74, 6) is -0.940. The fourth-order valence-electron chi connectivity index (χ4n) is 5.59. The summed E-state index contributed by atoms with van der Waals surface area (Å²) in [6.07, 6.45) is 3.01. The number of aliphatic hydroxyl groups excluding tert-OH is 1. The lowest BCUT2D eigenvalue weighted by molar-refractivity contribution is -0.133. The minimum Gasteiger partial charge on any atom is -0.503 e. The quantitative estimate of drug-likeness (QED) is 0.292. The van der Waals surface area contributed by atoms with Crippen LogP contribution in [0.1, 0.15) is 45.6 Å². The average molecular weight is 540 g/mol. The standard InChI is InChI=1S/C31H29N3O4S/c1-20-29(39-30(32-20)22-11-6-3-7-12-22)27(35)25-26(24-13-8-18-38-24)34(31(37)28(25)36)23-14-16-33(17-15-23)19-21-9-4-2-5-10-21/h2-13,18,23,26,36H,14-17,19H2,1H3. The molecule has 0 bridgehead atoms. The number of ketones is 1. The maximum absolute atomic E-state index is 14.0. The molecule has 6 rings (SSSR count). The molecule has 2 aromatic carbocycles. The van der Waals surface area contributed by atoms with E-state index in [1.807, 2.05) is 48.5 Å². The number of aryl methyl sites for hydroxylation is 1. The van der Waals surface area contributed by atoms with Crippen LogP contribution in [0.5, 0.6) is 0 Å². The zero-order valence-electron chi connectivity index (χ0n) is 21.6. The third-order valence-electron chi connectivity index (χ3n) is 7.52. The van der Waals surface area contributed by atoms with Gasteiger partial charge >= 0.3 is 0 Å². The Bertz CT molecular complexity index is 1500. The number of nitrogens with zero attached hydrogens (tertiary/aromatic N) is 3. The van der Waals surface area contributed by atoms with Crippen molar-refractivity contribution >= 4 is 23.0 Å². The van der Waals surface area contributed by atoms with Gasteiger partial charge in [-0.1, -0.05) is 60.7 Å². The van der Waals surface area contributed by atoms with Gasteiger partial charge in [0.25, 0.3) is 5.91 Å². The molecular formula is C31H29N3O4S. The van der Waals surface area contributed by atoms with Gasteiger partial charge in [0, 0.05) is 31.2 Å². The zero-order valence-corrected chi connectivity index (χ0v) is 22.4. The molecule has 1 unspecified atom stereocenters. The number of hydrogen-bond donors (Lipinski definition) is 1. The third-order valence-corrected chi connectivity index (χ3v) is 8.73. The normalized spacial score (nSPS) is 18.7. The first kappa shape index (κ1) is 25.3. The van der Waals surface area contributed by atoms with Gasteiger partial charge in [-0.25, -0.2) is 4.98 Å². The van der Waals surface area contributed by atoms with Crippen LogP contribution in [-0.2, 0) is 11.3 Å². The molecule has 4 heterocycles. The number of hydrogen-bond acceptors (Lipinski definition) is 7. The van der Waals surface area contributed by atoms with E-state index in [9.17, 15) is 14.7 Å². The molecule has 2 aromatic heterocycles. The van der Waals surface area contributed by atoms with E-state index in [0.29, 0.717) is 16.3 Å². The monoisotopic (exact) mass is 539 g/mol. The second-order valence-electron chi connectivity index (χ2n) is 10.0. The smallest absolute Gasteiger partial charge is 0.290 e. The average Bonchev–Trinajstić information content (AvgIpc) is 3.69. The highest BCUT2D eigenvalue weighted by Crippen LogP contribution is 2.43. The number of likely N-dealkylation sites (tertiary alicyclic amines) is 1. The van der Waals surface area contributed by atoms with Crippen LogP contribution in [0.4, 0.5) is 0 Å². The van der Waals surface area contributed by atoms with Crippen molar-refractivity contribution in [2.24, 2.45) is 0 Å². The van der Waals surface area contributed by atoms with E-state index in [1.165, 1.54) is 23.2 Å². The first-order valence-electron chi connectivity index (χ1n) is 13.1. The molecule has 2 aliphatic heterocycles. The summed E-state index contributed by atoms with van der Waals surface area (Å²) < 4.78 is 5.74. The molecule has 39 heavy (non-hydrogen) atoms. The molecule has 7 nitrogen and oxygen atoms in total. The molecule has 0 saturated carbocycles. The number of rotatable bonds is 7. The number of furan rings is 1. The van der Waals surface area contributed by atoms with Crippen LogP contribution in [-0.4, -0.2) is 50.7 Å². The second-order valence-corrected chi connectivity index (χ2v) is 11.0. The van der Waals surface area contributed by atoms with Crippen molar-refractivity contribution in [3.8, 4) is 10.6 Å². The van der Waals surface area contributed by atoms with E-state index in [4.69, 9.17) is 4.42 Å². The van der Waals surface area contributed by atoms with Gasteiger partial charge in [-0.15, -0.1) is 11.3 Å². The Kier molecular flexibility index (Phi) is 6.89. The lowest BCUT2D eigenvalue weighted by Gasteiger charge is -2.39. The van der Waals surface area contributed by atoms with Crippen LogP contribution in [0.15, 0.2) is 94.8 Å². The van der Waals surface area contributed by atoms with E-state index in [2.05, 4.69) is 22.0 Å². The van der Waals surface area contributed by atoms with E-state index in [1.54, 1.807) is 24.0 Å². The number of piperidine rings is 1. The van der Waals surface area contributed by atoms with Crippen molar-refractivity contribution in [2.75, 3.05) is 13.1 Å². The fraction of sp³-hybridized carbons (Fsp3) is 0.258. The summed E-state index contributed by atoms with van der Waals surface area (Å²) in [5.41, 5.74) is 2.80. The number of aromatic nitrogens is 1. The van der Waals surface area contributed by atoms with Gasteiger partial charge in [-0.3, -0.25) is 14.5 Å². The molecule has 2 aliphatic rings. The molecule has 8 heteroatoms. The molecule has 4 aromatic rings. The van der Waals surface area contributed by atoms with Gasteiger partial charge < -0.3 is 14.4 Å². The van der Waals surface area contributed by atoms with Gasteiger partial charge in [-0.2, -0.15) is 0 Å². The van der Waals surface area contributed by atoms with Crippen LogP contribution < -0.4 is 0 Å². The summed E-state index contributed by atoms with van der Waals surface area (Å²) >= 11 is 1.28. The van der Waals surface area contributed by atoms with E-state index >= 15 is 0 Å². The van der Waals surface area contributed by atoms with Gasteiger partial charge in [-0.05, 0) is 37.5 Å². The maximum Gasteiger partial charge on any atom is 0.290 e. The maximum atomic E-state index is 14.0. The Labute approximate surface area is 231 Å². The van der Waals surface area contributed by atoms with Crippen molar-refractivity contribution in [1.29, 1.82) is 0 Å². The van der Waals surface area contributed by atoms with Crippen molar-refractivity contribution in [1.82, 2.24) is 14.8 Å². The van der Waals surface area contributed by atoms with Gasteiger partial charge in [0.15, 0.2) is 5.76 Å². The van der Waals surface area contributed by atoms with Crippen molar-refractivity contribution in [3.63, 3.8) is 0 Å². The molecule has 198 valence electrons. The van der Waals surface area contributed by atoms with Crippen molar-refractivity contribution in [3.05, 3.63) is 112 Å². The highest BCUT2D eigenvalue weighted by molar-refractivity contribution is 7.17. The summed E-state index contributed by atoms with van der Waals surface area (Å²) in [7, 11) is 0. The predicted molar refractivity (Wildman–Crippen MR) is 149 cm³/mol. The second kappa shape index (κ2) is 10.6. The minimum atomic E-state index is -0.785. The first-order chi connectivity index (χ1) is 19.0. The number of carbonyl (C=O) groups is 2. The topological polar surface area (TPSA) is 86.9 Å². The van der Waals surface area contributed by atoms with Crippen LogP contribution in [0.2, 0.25) is 0 Å². The molecule has 1 amide bonds. The highest BCUT2D eigenvalue weighted by atomic mass is 32.1. The largest absolute Gasteiger partial charge is 0.503 e. The number of thiazole rings is 1. The summed E-state index contributed by atoms with van der Waals surface area (Å²) in [4.78, 5) is 36.6. The Morgan fingerprint density at radius 2 is 1.72 bits per heavy atom. The predicted octanol–water partition coefficient (Wildman–Crippen LogP) is 5.95. The Balaban J connectivity index is 1.27. The van der Waals surface area contributed by atoms with E-state index < -0.39 is 17.7 Å². The van der Waals surface area contributed by atoms with Crippen molar-refractivity contribution < 1.29 is 19.1 Å². The molecule has 0 aliphatic carbocycles. The fourth-order valence-corrected chi connectivity index (χ4v) is 6.61. The SMILES string of the molecule is Cc1nc(-c2ccccc2)sc1C(=O)C1=C(O)C(=O)N(C2CCN(Cc3ccccc3)CC2)C1c1ccco1. The van der Waals surface area contributed by atoms with Crippen LogP contribution >= 0.6 is 11.3 Å². The number of benzene rings is 2. The summed E-state index contributed by atoms with van der Waals surface area (Å²) in [5, 5.41) is 11.8. The molecule has 1 atom stereocenters. The molecule has 1 saturated heterocycles. The first-order valence-corrected chi connectivity index (χ1v) is 14.0. The molecule has 0 radical (unpaired) electrons. The Morgan fingerprint density at radius 1 is 1.03 bits per heavy atom. The highest BCUT2D eigenvalue weighted by Gasteiger charge is 2.48. The number of amides is 1. The van der Waals surface area contributed by atoms with Crippen LogP contribution in [0, 0.1) is 6.92 Å². The molecule has 0 spiro atoms. The zero-order chi connectivity index (χ0) is 26.9. The minimum absolute atomic E-state index is 0.0630. The van der Waals surface area contributed by atoms with Crippen LogP contribution in [0.3, 0.4) is 0 Å². The Hall–Kier alpha value is -4.01. The number of carbonyl (C=O) groups excluding carboxylic acids is 2. The van der Waals surface area contributed by atoms with Gasteiger partial charge in [0.1, 0.15) is 16.8 Å². The molecular weight excluding hydrogens is 510 g/mol. The van der Waals surface area contributed by atoms with Gasteiger partial charge in [0.05, 0.1) is 22.4 Å². The third kappa shape index (κ3) is 4.82. The van der Waals surface area contributed by atoms with E-state index in [-0.39, 0.29) is 17.4 Å².